The molecule has 0 aliphatic carbocycles. The zero-order valence-electron chi connectivity index (χ0n) is 19.0. The standard InChI is InChI=1S/C27H23FN4O2S/c1-17-7-13-21(14-8-17)29-25(33)16-24-26(34)30-27(35-24)32-23(19-5-3-2-4-6-19)15-22(31-32)18-9-11-20(28)12-10-18/h2-14,23-24H,15-16H2,1H3,(H,29,33)/t23-,24-/m0/s1. The van der Waals surface area contributed by atoms with Crippen LogP contribution in [0.1, 0.15) is 35.6 Å². The van der Waals surface area contributed by atoms with Crippen molar-refractivity contribution in [3.8, 4) is 0 Å². The summed E-state index contributed by atoms with van der Waals surface area (Å²) >= 11 is 1.25. The monoisotopic (exact) mass is 486 g/mol. The van der Waals surface area contributed by atoms with Gasteiger partial charge in [0.25, 0.3) is 5.91 Å². The number of nitrogens with one attached hydrogen (secondary N) is 1. The summed E-state index contributed by atoms with van der Waals surface area (Å²) in [7, 11) is 0. The van der Waals surface area contributed by atoms with E-state index < -0.39 is 5.25 Å². The van der Waals surface area contributed by atoms with Gasteiger partial charge in [-0.25, -0.2) is 9.40 Å². The van der Waals surface area contributed by atoms with Crippen molar-refractivity contribution in [1.29, 1.82) is 0 Å². The normalized spacial score (nSPS) is 19.5. The van der Waals surface area contributed by atoms with E-state index in [9.17, 15) is 14.0 Å². The van der Waals surface area contributed by atoms with Crippen LogP contribution in [0.2, 0.25) is 0 Å². The molecule has 0 fully saturated rings. The van der Waals surface area contributed by atoms with E-state index in [2.05, 4.69) is 10.3 Å². The van der Waals surface area contributed by atoms with Gasteiger partial charge >= 0.3 is 0 Å². The molecule has 1 N–H and O–H groups in total. The van der Waals surface area contributed by atoms with Gasteiger partial charge < -0.3 is 5.32 Å². The molecule has 0 saturated carbocycles. The summed E-state index contributed by atoms with van der Waals surface area (Å²) < 4.78 is 13.4. The third-order valence-electron chi connectivity index (χ3n) is 5.90. The predicted molar refractivity (Wildman–Crippen MR) is 137 cm³/mol. The van der Waals surface area contributed by atoms with E-state index in [1.807, 2.05) is 61.5 Å². The molecule has 0 saturated heterocycles. The van der Waals surface area contributed by atoms with Gasteiger partial charge in [-0.1, -0.05) is 71.9 Å². The number of aliphatic imine (C=N–C) groups is 1. The van der Waals surface area contributed by atoms with Crippen LogP contribution in [-0.4, -0.2) is 33.0 Å². The van der Waals surface area contributed by atoms with Gasteiger partial charge in [-0.15, -0.1) is 0 Å². The number of hydrazone groups is 1. The average Bonchev–Trinajstić information content (AvgIpc) is 3.46. The molecule has 0 aromatic heterocycles. The van der Waals surface area contributed by atoms with Crippen LogP contribution in [0.4, 0.5) is 10.1 Å². The minimum absolute atomic E-state index is 0.0166. The Morgan fingerprint density at radius 2 is 1.77 bits per heavy atom. The van der Waals surface area contributed by atoms with Crippen LogP contribution >= 0.6 is 11.8 Å². The number of amidine groups is 1. The summed E-state index contributed by atoms with van der Waals surface area (Å²) in [6, 6.07) is 23.4. The molecule has 0 spiro atoms. The number of benzene rings is 3. The van der Waals surface area contributed by atoms with Gasteiger partial charge in [0.05, 0.1) is 11.8 Å². The fraction of sp³-hybridized carbons (Fsp3) is 0.185. The van der Waals surface area contributed by atoms with Crippen LogP contribution in [0.15, 0.2) is 89.0 Å². The van der Waals surface area contributed by atoms with E-state index in [0.717, 1.165) is 22.4 Å². The fourth-order valence-corrected chi connectivity index (χ4v) is 5.12. The first-order valence-electron chi connectivity index (χ1n) is 11.3. The summed E-state index contributed by atoms with van der Waals surface area (Å²) in [6.07, 6.45) is 0.602. The first kappa shape index (κ1) is 23.0. The Labute approximate surface area is 207 Å². The lowest BCUT2D eigenvalue weighted by molar-refractivity contribution is -0.121. The van der Waals surface area contributed by atoms with E-state index in [-0.39, 0.29) is 30.1 Å². The summed E-state index contributed by atoms with van der Waals surface area (Å²) in [5, 5.41) is 9.23. The number of halogens is 1. The molecule has 3 aromatic rings. The molecule has 2 aliphatic heterocycles. The highest BCUT2D eigenvalue weighted by atomic mass is 32.2. The molecule has 8 heteroatoms. The molecule has 2 amide bonds. The maximum atomic E-state index is 13.4. The second-order valence-electron chi connectivity index (χ2n) is 8.49. The molecule has 0 bridgehead atoms. The van der Waals surface area contributed by atoms with E-state index >= 15 is 0 Å². The van der Waals surface area contributed by atoms with E-state index in [1.54, 1.807) is 17.1 Å². The molecule has 176 valence electrons. The zero-order valence-corrected chi connectivity index (χ0v) is 19.8. The largest absolute Gasteiger partial charge is 0.326 e. The molecule has 6 nitrogen and oxygen atoms in total. The van der Waals surface area contributed by atoms with Crippen molar-refractivity contribution in [2.24, 2.45) is 10.1 Å². The SMILES string of the molecule is Cc1ccc(NC(=O)C[C@@H]2SC(N3N=C(c4ccc(F)cc4)C[C@H]3c3ccccc3)=NC2=O)cc1. The summed E-state index contributed by atoms with van der Waals surface area (Å²) in [6.45, 7) is 1.98. The summed E-state index contributed by atoms with van der Waals surface area (Å²) in [4.78, 5) is 29.5. The number of anilines is 1. The molecule has 5 rings (SSSR count). The van der Waals surface area contributed by atoms with Gasteiger partial charge in [-0.05, 0) is 42.3 Å². The van der Waals surface area contributed by atoms with Crippen LogP contribution < -0.4 is 5.32 Å². The van der Waals surface area contributed by atoms with Gasteiger partial charge in [-0.3, -0.25) is 9.59 Å². The summed E-state index contributed by atoms with van der Waals surface area (Å²) in [5.41, 5.74) is 4.43. The van der Waals surface area contributed by atoms with Gasteiger partial charge in [0, 0.05) is 18.5 Å². The second-order valence-corrected chi connectivity index (χ2v) is 9.66. The third-order valence-corrected chi connectivity index (χ3v) is 7.05. The maximum absolute atomic E-state index is 13.4. The fourth-order valence-electron chi connectivity index (χ4n) is 4.06. The molecule has 2 heterocycles. The van der Waals surface area contributed by atoms with E-state index in [1.165, 1.54) is 23.9 Å². The Balaban J connectivity index is 1.33. The van der Waals surface area contributed by atoms with Crippen molar-refractivity contribution in [1.82, 2.24) is 5.01 Å². The van der Waals surface area contributed by atoms with Crippen molar-refractivity contribution in [2.75, 3.05) is 5.32 Å². The Morgan fingerprint density at radius 3 is 2.49 bits per heavy atom. The highest BCUT2D eigenvalue weighted by molar-refractivity contribution is 8.15. The number of thioether (sulfide) groups is 1. The molecule has 35 heavy (non-hydrogen) atoms. The van der Waals surface area contributed by atoms with Crippen LogP contribution in [0.3, 0.4) is 0 Å². The van der Waals surface area contributed by atoms with Crippen molar-refractivity contribution < 1.29 is 14.0 Å². The van der Waals surface area contributed by atoms with E-state index in [4.69, 9.17) is 5.10 Å². The van der Waals surface area contributed by atoms with Crippen LogP contribution in [0.5, 0.6) is 0 Å². The number of hydrogen-bond donors (Lipinski definition) is 1. The minimum atomic E-state index is -0.614. The average molecular weight is 487 g/mol. The van der Waals surface area contributed by atoms with Crippen molar-refractivity contribution in [3.63, 3.8) is 0 Å². The Bertz CT molecular complexity index is 1310. The number of hydrogen-bond acceptors (Lipinski definition) is 5. The smallest absolute Gasteiger partial charge is 0.262 e. The first-order chi connectivity index (χ1) is 17.0. The van der Waals surface area contributed by atoms with Crippen LogP contribution in [-0.2, 0) is 9.59 Å². The second kappa shape index (κ2) is 9.84. The Morgan fingerprint density at radius 1 is 1.06 bits per heavy atom. The molecule has 3 aromatic carbocycles. The third kappa shape index (κ3) is 5.17. The lowest BCUT2D eigenvalue weighted by Crippen LogP contribution is -2.25. The maximum Gasteiger partial charge on any atom is 0.262 e. The minimum Gasteiger partial charge on any atom is -0.326 e. The Kier molecular flexibility index (Phi) is 6.46. The molecule has 0 unspecified atom stereocenters. The molecular weight excluding hydrogens is 463 g/mol. The zero-order chi connectivity index (χ0) is 24.4. The summed E-state index contributed by atoms with van der Waals surface area (Å²) in [5.74, 6) is -0.897. The van der Waals surface area contributed by atoms with Gasteiger partial charge in [0.2, 0.25) is 5.91 Å². The van der Waals surface area contributed by atoms with Crippen LogP contribution in [0.25, 0.3) is 0 Å². The highest BCUT2D eigenvalue weighted by Gasteiger charge is 2.39. The predicted octanol–water partition coefficient (Wildman–Crippen LogP) is 5.31. The topological polar surface area (TPSA) is 74.1 Å². The number of aryl methyl sites for hydroxylation is 1. The van der Waals surface area contributed by atoms with Gasteiger partial charge in [-0.2, -0.15) is 10.1 Å². The lowest BCUT2D eigenvalue weighted by atomic mass is 9.99. The number of rotatable bonds is 5. The molecule has 2 atom stereocenters. The van der Waals surface area contributed by atoms with Crippen molar-refractivity contribution >= 4 is 40.1 Å². The molecular formula is C27H23FN4O2S. The van der Waals surface area contributed by atoms with Crippen molar-refractivity contribution in [2.45, 2.75) is 31.1 Å². The molecule has 2 aliphatic rings. The number of carbonyl (C=O) groups is 2. The van der Waals surface area contributed by atoms with Crippen molar-refractivity contribution in [3.05, 3.63) is 101 Å². The number of amides is 2. The number of nitrogens with zero attached hydrogens (tertiary/aromatic N) is 3. The van der Waals surface area contributed by atoms with Crippen LogP contribution in [0, 0.1) is 12.7 Å². The quantitative estimate of drug-likeness (QED) is 0.530. The molecule has 0 radical (unpaired) electrons. The number of carbonyl (C=O) groups excluding carboxylic acids is 2. The first-order valence-corrected chi connectivity index (χ1v) is 12.2. The Hall–Kier alpha value is -3.78. The lowest BCUT2D eigenvalue weighted by Gasteiger charge is -2.23. The van der Waals surface area contributed by atoms with E-state index in [0.29, 0.717) is 17.3 Å². The highest BCUT2D eigenvalue weighted by Crippen LogP contribution is 2.38. The van der Waals surface area contributed by atoms with Gasteiger partial charge in [0.1, 0.15) is 11.1 Å². The van der Waals surface area contributed by atoms with Gasteiger partial charge in [0.15, 0.2) is 5.17 Å².